The zero-order chi connectivity index (χ0) is 10.2. The van der Waals surface area contributed by atoms with E-state index in [0.29, 0.717) is 19.8 Å². The van der Waals surface area contributed by atoms with E-state index in [4.69, 9.17) is 19.0 Å². The Balaban J connectivity index is 4.07. The highest BCUT2D eigenvalue weighted by atomic mass is 28.4. The Kier molecular flexibility index (Phi) is 7.49. The third kappa shape index (κ3) is 4.73. The maximum Gasteiger partial charge on any atom is 0.500 e. The van der Waals surface area contributed by atoms with Crippen molar-refractivity contribution in [3.8, 4) is 0 Å². The van der Waals surface area contributed by atoms with Gasteiger partial charge >= 0.3 is 8.80 Å². The van der Waals surface area contributed by atoms with E-state index in [0.717, 1.165) is 12.5 Å². The first-order chi connectivity index (χ1) is 6.24. The molecule has 13 heavy (non-hydrogen) atoms. The lowest BCUT2D eigenvalue weighted by Gasteiger charge is -2.26. The van der Waals surface area contributed by atoms with Crippen LogP contribution in [0.15, 0.2) is 0 Å². The molecule has 0 rings (SSSR count). The normalized spacial score (nSPS) is 12.0. The molecule has 0 fully saturated rings. The van der Waals surface area contributed by atoms with Gasteiger partial charge in [0.15, 0.2) is 0 Å². The minimum absolute atomic E-state index is 0.630. The third-order valence-electron chi connectivity index (χ3n) is 1.73. The number of hydrogen-bond acceptors (Lipinski definition) is 4. The zero-order valence-electron chi connectivity index (χ0n) is 8.84. The Bertz CT molecular complexity index is 118. The first kappa shape index (κ1) is 13.1. The van der Waals surface area contributed by atoms with Crippen molar-refractivity contribution in [2.24, 2.45) is 5.73 Å². The molecule has 0 unspecified atom stereocenters. The molecule has 0 amide bonds. The van der Waals surface area contributed by atoms with Gasteiger partial charge in [-0.15, -0.1) is 0 Å². The van der Waals surface area contributed by atoms with Crippen LogP contribution in [-0.2, 0) is 13.3 Å². The maximum atomic E-state index is 5.56. The summed E-state index contributed by atoms with van der Waals surface area (Å²) < 4.78 is 16.5. The van der Waals surface area contributed by atoms with Crippen LogP contribution in [0.25, 0.3) is 0 Å². The van der Waals surface area contributed by atoms with Crippen molar-refractivity contribution >= 4 is 8.80 Å². The van der Waals surface area contributed by atoms with E-state index in [1.165, 1.54) is 0 Å². The van der Waals surface area contributed by atoms with E-state index in [1.807, 2.05) is 13.8 Å². The van der Waals surface area contributed by atoms with Crippen LogP contribution in [0.2, 0.25) is 6.04 Å². The van der Waals surface area contributed by atoms with Gasteiger partial charge in [0.2, 0.25) is 0 Å². The summed E-state index contributed by atoms with van der Waals surface area (Å²) >= 11 is 0. The molecular weight excluding hydrogens is 186 g/mol. The molecule has 2 N–H and O–H groups in total. The average molecular weight is 207 g/mol. The molecule has 0 aliphatic rings. The molecule has 0 bridgehead atoms. The second-order valence-electron chi connectivity index (χ2n) is 2.65. The van der Waals surface area contributed by atoms with Crippen LogP contribution in [0.1, 0.15) is 20.3 Å². The van der Waals surface area contributed by atoms with E-state index >= 15 is 0 Å². The van der Waals surface area contributed by atoms with Crippen molar-refractivity contribution < 1.29 is 13.3 Å². The van der Waals surface area contributed by atoms with Crippen LogP contribution in [0, 0.1) is 0 Å². The monoisotopic (exact) mass is 207 g/mol. The van der Waals surface area contributed by atoms with Gasteiger partial charge in [-0.2, -0.15) is 0 Å². The maximum absolute atomic E-state index is 5.56. The van der Waals surface area contributed by atoms with E-state index < -0.39 is 8.80 Å². The van der Waals surface area contributed by atoms with Gasteiger partial charge in [0.1, 0.15) is 0 Å². The fourth-order valence-corrected chi connectivity index (χ4v) is 3.49. The molecular formula is C8H21NO3Si. The lowest BCUT2D eigenvalue weighted by Crippen LogP contribution is -2.45. The SMILES string of the molecule is CCO[Si](CCCN)(OC)OCC. The van der Waals surface area contributed by atoms with Gasteiger partial charge < -0.3 is 19.0 Å². The summed E-state index contributed by atoms with van der Waals surface area (Å²) in [5.41, 5.74) is 5.44. The minimum Gasteiger partial charge on any atom is -0.377 e. The highest BCUT2D eigenvalue weighted by Crippen LogP contribution is 2.16. The summed E-state index contributed by atoms with van der Waals surface area (Å²) in [6.07, 6.45) is 0.889. The van der Waals surface area contributed by atoms with Crippen LogP contribution in [0.3, 0.4) is 0 Å². The number of nitrogens with two attached hydrogens (primary N) is 1. The molecule has 0 aromatic rings. The second kappa shape index (κ2) is 7.46. The van der Waals surface area contributed by atoms with Crippen molar-refractivity contribution in [3.63, 3.8) is 0 Å². The first-order valence-electron chi connectivity index (χ1n) is 4.77. The summed E-state index contributed by atoms with van der Waals surface area (Å²) in [6, 6.07) is 0.807. The molecule has 0 spiro atoms. The molecule has 0 atom stereocenters. The second-order valence-corrected chi connectivity index (χ2v) is 5.50. The summed E-state index contributed by atoms with van der Waals surface area (Å²) in [7, 11) is -0.724. The van der Waals surface area contributed by atoms with E-state index in [-0.39, 0.29) is 0 Å². The predicted octanol–water partition coefficient (Wildman–Crippen LogP) is 0.993. The highest BCUT2D eigenvalue weighted by Gasteiger charge is 2.38. The molecule has 0 radical (unpaired) electrons. The Labute approximate surface area is 81.7 Å². The minimum atomic E-state index is -2.37. The zero-order valence-corrected chi connectivity index (χ0v) is 9.84. The summed E-state index contributed by atoms with van der Waals surface area (Å²) in [4.78, 5) is 0. The van der Waals surface area contributed by atoms with Gasteiger partial charge in [-0.25, -0.2) is 0 Å². The van der Waals surface area contributed by atoms with Crippen molar-refractivity contribution in [3.05, 3.63) is 0 Å². The first-order valence-corrected chi connectivity index (χ1v) is 6.71. The molecule has 0 saturated carbocycles. The predicted molar refractivity (Wildman–Crippen MR) is 54.5 cm³/mol. The quantitative estimate of drug-likeness (QED) is 0.603. The molecule has 80 valence electrons. The van der Waals surface area contributed by atoms with Gasteiger partial charge in [0, 0.05) is 26.4 Å². The van der Waals surface area contributed by atoms with Crippen molar-refractivity contribution in [1.29, 1.82) is 0 Å². The van der Waals surface area contributed by atoms with Crippen LogP contribution >= 0.6 is 0 Å². The molecule has 0 aromatic heterocycles. The standard InChI is InChI=1S/C8H21NO3Si/c1-4-11-13(10-3,12-5-2)8-6-7-9/h4-9H2,1-3H3. The molecule has 0 saturated heterocycles. The summed E-state index contributed by atoms with van der Waals surface area (Å²) in [5, 5.41) is 0. The Hall–Kier alpha value is 0.0569. The number of rotatable bonds is 8. The van der Waals surface area contributed by atoms with Crippen molar-refractivity contribution in [1.82, 2.24) is 0 Å². The largest absolute Gasteiger partial charge is 0.500 e. The fourth-order valence-electron chi connectivity index (χ4n) is 1.16. The van der Waals surface area contributed by atoms with Gasteiger partial charge in [0.05, 0.1) is 0 Å². The Morgan fingerprint density at radius 2 is 1.69 bits per heavy atom. The van der Waals surface area contributed by atoms with Crippen LogP contribution < -0.4 is 5.73 Å². The third-order valence-corrected chi connectivity index (χ3v) is 4.77. The molecule has 0 heterocycles. The average Bonchev–Trinajstić information content (AvgIpc) is 2.15. The van der Waals surface area contributed by atoms with Crippen molar-refractivity contribution in [2.75, 3.05) is 26.9 Å². The highest BCUT2D eigenvalue weighted by molar-refractivity contribution is 6.60. The van der Waals surface area contributed by atoms with Crippen molar-refractivity contribution in [2.45, 2.75) is 26.3 Å². The van der Waals surface area contributed by atoms with Gasteiger partial charge in [0.25, 0.3) is 0 Å². The smallest absolute Gasteiger partial charge is 0.377 e. The molecule has 0 aromatic carbocycles. The lowest BCUT2D eigenvalue weighted by atomic mass is 10.5. The van der Waals surface area contributed by atoms with Gasteiger partial charge in [-0.05, 0) is 26.8 Å². The van der Waals surface area contributed by atoms with Crippen LogP contribution in [0.4, 0.5) is 0 Å². The molecule has 4 nitrogen and oxygen atoms in total. The van der Waals surface area contributed by atoms with Gasteiger partial charge in [-0.3, -0.25) is 0 Å². The van der Waals surface area contributed by atoms with E-state index in [2.05, 4.69) is 0 Å². The summed E-state index contributed by atoms with van der Waals surface area (Å²) in [5.74, 6) is 0. The molecule has 5 heteroatoms. The van der Waals surface area contributed by atoms with Crippen LogP contribution in [-0.4, -0.2) is 35.7 Å². The lowest BCUT2D eigenvalue weighted by molar-refractivity contribution is 0.0863. The number of hydrogen-bond donors (Lipinski definition) is 1. The Morgan fingerprint density at radius 1 is 1.15 bits per heavy atom. The topological polar surface area (TPSA) is 53.7 Å². The summed E-state index contributed by atoms with van der Waals surface area (Å²) in [6.45, 7) is 5.80. The van der Waals surface area contributed by atoms with Gasteiger partial charge in [-0.1, -0.05) is 0 Å². The molecule has 0 aliphatic heterocycles. The Morgan fingerprint density at radius 3 is 2.00 bits per heavy atom. The van der Waals surface area contributed by atoms with E-state index in [9.17, 15) is 0 Å². The molecule has 0 aliphatic carbocycles. The fraction of sp³-hybridized carbons (Fsp3) is 1.00. The van der Waals surface area contributed by atoms with Crippen LogP contribution in [0.5, 0.6) is 0 Å². The van der Waals surface area contributed by atoms with E-state index in [1.54, 1.807) is 7.11 Å².